The summed E-state index contributed by atoms with van der Waals surface area (Å²) in [7, 11) is 0. The van der Waals surface area contributed by atoms with E-state index in [1.54, 1.807) is 48.5 Å². The van der Waals surface area contributed by atoms with Gasteiger partial charge in [-0.1, -0.05) is 12.1 Å². The third-order valence-corrected chi connectivity index (χ3v) is 6.47. The first-order chi connectivity index (χ1) is 18.0. The number of hydrogen-bond acceptors (Lipinski definition) is 8. The molecule has 4 aromatic heterocycles. The number of piperazine rings is 1. The van der Waals surface area contributed by atoms with E-state index in [4.69, 9.17) is 4.42 Å². The highest BCUT2D eigenvalue weighted by Gasteiger charge is 2.27. The van der Waals surface area contributed by atoms with E-state index in [0.717, 1.165) is 0 Å². The first-order valence-electron chi connectivity index (χ1n) is 11.7. The Morgan fingerprint density at radius 2 is 1.92 bits per heavy atom. The molecule has 37 heavy (non-hydrogen) atoms. The molecule has 0 radical (unpaired) electrons. The van der Waals surface area contributed by atoms with Crippen LogP contribution in [0.1, 0.15) is 21.6 Å². The van der Waals surface area contributed by atoms with Crippen LogP contribution in [0.3, 0.4) is 0 Å². The molecule has 5 aromatic rings. The number of aromatic amines is 1. The van der Waals surface area contributed by atoms with Gasteiger partial charge in [0.05, 0.1) is 35.3 Å². The minimum absolute atomic E-state index is 0.149. The lowest BCUT2D eigenvalue weighted by atomic mass is 10.1. The van der Waals surface area contributed by atoms with Gasteiger partial charge in [0.25, 0.3) is 17.5 Å². The predicted octanol–water partition coefficient (Wildman–Crippen LogP) is 2.01. The number of benzene rings is 1. The molecule has 1 aliphatic rings. The molecule has 1 saturated heterocycles. The maximum Gasteiger partial charge on any atom is 0.297 e. The summed E-state index contributed by atoms with van der Waals surface area (Å²) in [6.07, 6.45) is 4.79. The van der Waals surface area contributed by atoms with Crippen molar-refractivity contribution < 1.29 is 9.21 Å². The van der Waals surface area contributed by atoms with Crippen molar-refractivity contribution in [2.45, 2.75) is 6.92 Å². The van der Waals surface area contributed by atoms with Crippen molar-refractivity contribution in [1.29, 1.82) is 5.26 Å². The summed E-state index contributed by atoms with van der Waals surface area (Å²) in [5.74, 6) is 0.606. The zero-order valence-corrected chi connectivity index (χ0v) is 19.8. The molecule has 0 saturated carbocycles. The molecule has 6 rings (SSSR count). The molecule has 5 heterocycles. The van der Waals surface area contributed by atoms with Crippen molar-refractivity contribution in [3.05, 3.63) is 82.2 Å². The third-order valence-electron chi connectivity index (χ3n) is 6.47. The highest BCUT2D eigenvalue weighted by Crippen LogP contribution is 2.28. The van der Waals surface area contributed by atoms with Gasteiger partial charge in [0.2, 0.25) is 5.95 Å². The lowest BCUT2D eigenvalue weighted by Gasteiger charge is -2.33. The third kappa shape index (κ3) is 3.82. The van der Waals surface area contributed by atoms with Gasteiger partial charge in [0, 0.05) is 37.9 Å². The molecule has 0 bridgehead atoms. The van der Waals surface area contributed by atoms with E-state index in [2.05, 4.69) is 26.2 Å². The summed E-state index contributed by atoms with van der Waals surface area (Å²) in [6.45, 7) is 3.79. The first-order valence-corrected chi connectivity index (χ1v) is 11.7. The van der Waals surface area contributed by atoms with Gasteiger partial charge in [-0.15, -0.1) is 5.10 Å². The summed E-state index contributed by atoms with van der Waals surface area (Å²) in [5.41, 5.74) is 2.36. The van der Waals surface area contributed by atoms with E-state index in [-0.39, 0.29) is 17.4 Å². The molecule has 12 nitrogen and oxygen atoms in total. The maximum atomic E-state index is 13.3. The number of amides is 1. The predicted molar refractivity (Wildman–Crippen MR) is 132 cm³/mol. The van der Waals surface area contributed by atoms with Gasteiger partial charge in [-0.25, -0.2) is 14.2 Å². The SMILES string of the molecule is Cc1c(C(=O)N2CCN(c3ncc(-c4ccccc4C#N)o3)CC2)cnn1-c1nn2cccc2c(=O)[nH]1. The van der Waals surface area contributed by atoms with E-state index in [0.29, 0.717) is 65.9 Å². The zero-order chi connectivity index (χ0) is 25.5. The molecule has 184 valence electrons. The number of hydrogen-bond donors (Lipinski definition) is 1. The van der Waals surface area contributed by atoms with Crippen molar-refractivity contribution in [3.63, 3.8) is 0 Å². The van der Waals surface area contributed by atoms with Gasteiger partial charge in [0.1, 0.15) is 5.52 Å². The van der Waals surface area contributed by atoms with E-state index >= 15 is 0 Å². The van der Waals surface area contributed by atoms with Crippen LogP contribution in [-0.4, -0.2) is 66.3 Å². The summed E-state index contributed by atoms with van der Waals surface area (Å²) in [5, 5.41) is 18.0. The molecule has 12 heteroatoms. The number of nitrogens with zero attached hydrogens (tertiary/aromatic N) is 8. The molecule has 0 atom stereocenters. The van der Waals surface area contributed by atoms with Crippen LogP contribution in [0.25, 0.3) is 22.8 Å². The van der Waals surface area contributed by atoms with Crippen LogP contribution in [0, 0.1) is 18.3 Å². The van der Waals surface area contributed by atoms with Crippen LogP contribution >= 0.6 is 0 Å². The van der Waals surface area contributed by atoms with Gasteiger partial charge in [0.15, 0.2) is 5.76 Å². The Morgan fingerprint density at radius 1 is 1.11 bits per heavy atom. The van der Waals surface area contributed by atoms with Crippen molar-refractivity contribution in [1.82, 2.24) is 34.3 Å². The topological polar surface area (TPSA) is 141 Å². The second kappa shape index (κ2) is 8.80. The number of carbonyl (C=O) groups is 1. The lowest BCUT2D eigenvalue weighted by Crippen LogP contribution is -2.49. The van der Waals surface area contributed by atoms with Crippen molar-refractivity contribution in [2.75, 3.05) is 31.1 Å². The Morgan fingerprint density at radius 3 is 2.73 bits per heavy atom. The van der Waals surface area contributed by atoms with E-state index < -0.39 is 0 Å². The van der Waals surface area contributed by atoms with Gasteiger partial charge >= 0.3 is 0 Å². The number of aromatic nitrogens is 6. The number of rotatable bonds is 4. The second-order valence-corrected chi connectivity index (χ2v) is 8.61. The van der Waals surface area contributed by atoms with Gasteiger partial charge < -0.3 is 14.2 Å². The number of nitrogens with one attached hydrogen (secondary N) is 1. The molecule has 0 aliphatic carbocycles. The van der Waals surface area contributed by atoms with E-state index in [1.165, 1.54) is 15.4 Å². The molecule has 1 aromatic carbocycles. The fraction of sp³-hybridized carbons (Fsp3) is 0.200. The van der Waals surface area contributed by atoms with Crippen LogP contribution < -0.4 is 10.5 Å². The fourth-order valence-electron chi connectivity index (χ4n) is 4.46. The van der Waals surface area contributed by atoms with Crippen LogP contribution in [0.4, 0.5) is 6.01 Å². The number of fused-ring (bicyclic) bond motifs is 1. The molecular weight excluding hydrogens is 474 g/mol. The number of nitriles is 1. The average Bonchev–Trinajstić information content (AvgIpc) is 3.68. The lowest BCUT2D eigenvalue weighted by molar-refractivity contribution is 0.0744. The van der Waals surface area contributed by atoms with Crippen LogP contribution in [0.5, 0.6) is 0 Å². The number of H-pyrrole nitrogens is 1. The Labute approximate surface area is 210 Å². The quantitative estimate of drug-likeness (QED) is 0.399. The Hall–Kier alpha value is -5.18. The van der Waals surface area contributed by atoms with Crippen molar-refractivity contribution >= 4 is 17.4 Å². The molecule has 0 unspecified atom stereocenters. The highest BCUT2D eigenvalue weighted by atomic mass is 16.4. The first kappa shape index (κ1) is 22.3. The average molecular weight is 496 g/mol. The fourth-order valence-corrected chi connectivity index (χ4v) is 4.46. The Bertz CT molecular complexity index is 1730. The molecule has 1 aliphatic heterocycles. The summed E-state index contributed by atoms with van der Waals surface area (Å²) < 4.78 is 8.88. The normalized spacial score (nSPS) is 13.7. The molecule has 1 N–H and O–H groups in total. The molecule has 1 fully saturated rings. The highest BCUT2D eigenvalue weighted by molar-refractivity contribution is 5.95. The van der Waals surface area contributed by atoms with E-state index in [1.807, 2.05) is 17.0 Å². The number of carbonyl (C=O) groups excluding carboxylic acids is 1. The van der Waals surface area contributed by atoms with Crippen LogP contribution in [0.15, 0.2) is 64.2 Å². The maximum absolute atomic E-state index is 13.3. The molecule has 0 spiro atoms. The van der Waals surface area contributed by atoms with Gasteiger partial charge in [-0.05, 0) is 31.2 Å². The van der Waals surface area contributed by atoms with Gasteiger partial charge in [-0.3, -0.25) is 14.6 Å². The summed E-state index contributed by atoms with van der Waals surface area (Å²) in [4.78, 5) is 36.5. The van der Waals surface area contributed by atoms with Crippen molar-refractivity contribution in [3.8, 4) is 23.3 Å². The monoisotopic (exact) mass is 495 g/mol. The standard InChI is InChI=1S/C25H21N9O3/c1-16-19(14-28-34(16)24-29-22(35)20-7-4-8-33(20)30-24)23(36)31-9-11-32(12-10-31)25-27-15-21(37-25)18-6-3-2-5-17(18)13-26/h2-8,14-15H,9-12H2,1H3,(H,29,30,35). The number of oxazole rings is 1. The van der Waals surface area contributed by atoms with E-state index in [9.17, 15) is 14.9 Å². The summed E-state index contributed by atoms with van der Waals surface area (Å²) >= 11 is 0. The largest absolute Gasteiger partial charge is 0.423 e. The van der Waals surface area contributed by atoms with Crippen molar-refractivity contribution in [2.24, 2.45) is 0 Å². The minimum atomic E-state index is -0.292. The molecule has 1 amide bonds. The zero-order valence-electron chi connectivity index (χ0n) is 19.8. The van der Waals surface area contributed by atoms with Crippen LogP contribution in [0.2, 0.25) is 0 Å². The second-order valence-electron chi connectivity index (χ2n) is 8.61. The summed E-state index contributed by atoms with van der Waals surface area (Å²) in [6, 6.07) is 13.2. The van der Waals surface area contributed by atoms with Crippen LogP contribution in [-0.2, 0) is 0 Å². The Balaban J connectivity index is 1.16. The molecular formula is C25H21N9O3. The van der Waals surface area contributed by atoms with Gasteiger partial charge in [-0.2, -0.15) is 10.4 Å². The Kier molecular flexibility index (Phi) is 5.30. The smallest absolute Gasteiger partial charge is 0.297 e. The minimum Gasteiger partial charge on any atom is -0.423 e. The number of anilines is 1.